The molecule has 1 fully saturated rings. The zero-order valence-corrected chi connectivity index (χ0v) is 17.3. The number of carbonyl (C=O) groups excluding carboxylic acids is 1. The minimum Gasteiger partial charge on any atom is -0.497 e. The fraction of sp³-hybridized carbons (Fsp3) is 0.429. The van der Waals surface area contributed by atoms with Gasteiger partial charge in [0.1, 0.15) is 16.7 Å². The summed E-state index contributed by atoms with van der Waals surface area (Å²) in [7, 11) is 5.56. The molecule has 0 bridgehead atoms. The van der Waals surface area contributed by atoms with E-state index in [-0.39, 0.29) is 11.9 Å². The van der Waals surface area contributed by atoms with E-state index in [1.807, 2.05) is 12.1 Å². The average molecular weight is 403 g/mol. The molecule has 0 aliphatic carbocycles. The summed E-state index contributed by atoms with van der Waals surface area (Å²) in [4.78, 5) is 19.1. The number of piperidine rings is 1. The van der Waals surface area contributed by atoms with Crippen LogP contribution in [-0.4, -0.2) is 50.1 Å². The van der Waals surface area contributed by atoms with Gasteiger partial charge in [-0.05, 0) is 62.2 Å². The van der Waals surface area contributed by atoms with Crippen molar-refractivity contribution in [2.24, 2.45) is 5.92 Å². The van der Waals surface area contributed by atoms with Crippen LogP contribution < -0.4 is 15.4 Å². The summed E-state index contributed by atoms with van der Waals surface area (Å²) in [6, 6.07) is 11.8. The van der Waals surface area contributed by atoms with Crippen molar-refractivity contribution in [3.63, 3.8) is 0 Å². The zero-order chi connectivity index (χ0) is 20.1. The van der Waals surface area contributed by atoms with Gasteiger partial charge in [-0.3, -0.25) is 9.69 Å². The molecule has 0 spiro atoms. The van der Waals surface area contributed by atoms with E-state index in [4.69, 9.17) is 16.3 Å². The zero-order valence-electron chi connectivity index (χ0n) is 16.5. The predicted molar refractivity (Wildman–Crippen MR) is 112 cm³/mol. The number of hydrogen-bond donors (Lipinski definition) is 2. The van der Waals surface area contributed by atoms with E-state index in [1.165, 1.54) is 5.56 Å². The molecule has 3 rings (SSSR count). The van der Waals surface area contributed by atoms with Gasteiger partial charge in [-0.2, -0.15) is 0 Å². The van der Waals surface area contributed by atoms with Crippen molar-refractivity contribution in [1.29, 1.82) is 0 Å². The maximum absolute atomic E-state index is 12.7. The molecule has 2 heterocycles. The number of pyridine rings is 1. The maximum Gasteiger partial charge on any atom is 0.251 e. The van der Waals surface area contributed by atoms with Crippen LogP contribution in [0.3, 0.4) is 0 Å². The SMILES string of the molecule is CNc1cc(C(=O)NCC2CCCN(C)C2c2ccc(OC)cc2)cc(Cl)n1. The second kappa shape index (κ2) is 9.26. The van der Waals surface area contributed by atoms with Gasteiger partial charge in [-0.1, -0.05) is 23.7 Å². The maximum atomic E-state index is 12.7. The molecule has 0 saturated carbocycles. The molecule has 7 heteroatoms. The van der Waals surface area contributed by atoms with E-state index in [2.05, 4.69) is 39.7 Å². The van der Waals surface area contributed by atoms with E-state index in [9.17, 15) is 4.79 Å². The average Bonchev–Trinajstić information content (AvgIpc) is 2.71. The number of likely N-dealkylation sites (tertiary alicyclic amines) is 1. The van der Waals surface area contributed by atoms with Gasteiger partial charge >= 0.3 is 0 Å². The molecule has 28 heavy (non-hydrogen) atoms. The molecule has 1 amide bonds. The van der Waals surface area contributed by atoms with Gasteiger partial charge in [0.2, 0.25) is 0 Å². The molecule has 2 atom stereocenters. The minimum absolute atomic E-state index is 0.137. The first kappa shape index (κ1) is 20.4. The van der Waals surface area contributed by atoms with Gasteiger partial charge in [0.25, 0.3) is 5.91 Å². The smallest absolute Gasteiger partial charge is 0.251 e. The molecule has 1 aromatic carbocycles. The quantitative estimate of drug-likeness (QED) is 0.722. The Balaban J connectivity index is 1.72. The number of nitrogens with zero attached hydrogens (tertiary/aromatic N) is 2. The molecule has 1 saturated heterocycles. The van der Waals surface area contributed by atoms with Crippen LogP contribution in [0, 0.1) is 5.92 Å². The Morgan fingerprint density at radius 3 is 2.75 bits per heavy atom. The van der Waals surface area contributed by atoms with Gasteiger partial charge in [0, 0.05) is 25.2 Å². The van der Waals surface area contributed by atoms with Crippen molar-refractivity contribution >= 4 is 23.3 Å². The molecule has 150 valence electrons. The lowest BCUT2D eigenvalue weighted by Gasteiger charge is -2.39. The Labute approximate surface area is 171 Å². The van der Waals surface area contributed by atoms with E-state index in [0.717, 1.165) is 25.1 Å². The fourth-order valence-electron chi connectivity index (χ4n) is 3.88. The molecular weight excluding hydrogens is 376 g/mol. The first-order chi connectivity index (χ1) is 13.5. The second-order valence-corrected chi connectivity index (χ2v) is 7.51. The van der Waals surface area contributed by atoms with E-state index >= 15 is 0 Å². The number of carbonyl (C=O) groups is 1. The summed E-state index contributed by atoms with van der Waals surface area (Å²) in [5.41, 5.74) is 1.75. The van der Waals surface area contributed by atoms with Crippen molar-refractivity contribution in [3.8, 4) is 5.75 Å². The lowest BCUT2D eigenvalue weighted by atomic mass is 9.85. The van der Waals surface area contributed by atoms with Gasteiger partial charge < -0.3 is 15.4 Å². The number of benzene rings is 1. The summed E-state index contributed by atoms with van der Waals surface area (Å²) in [6.07, 6.45) is 2.19. The molecule has 1 aliphatic heterocycles. The highest BCUT2D eigenvalue weighted by molar-refractivity contribution is 6.29. The van der Waals surface area contributed by atoms with Crippen LogP contribution in [0.2, 0.25) is 5.15 Å². The van der Waals surface area contributed by atoms with Gasteiger partial charge in [-0.15, -0.1) is 0 Å². The molecular formula is C21H27ClN4O2. The van der Waals surface area contributed by atoms with E-state index in [1.54, 1.807) is 26.3 Å². The molecule has 0 radical (unpaired) electrons. The number of rotatable bonds is 6. The third-order valence-electron chi connectivity index (χ3n) is 5.30. The molecule has 2 unspecified atom stereocenters. The van der Waals surface area contributed by atoms with Crippen molar-refractivity contribution in [1.82, 2.24) is 15.2 Å². The van der Waals surface area contributed by atoms with Crippen LogP contribution in [0.4, 0.5) is 5.82 Å². The van der Waals surface area contributed by atoms with E-state index < -0.39 is 0 Å². The minimum atomic E-state index is -0.137. The van der Waals surface area contributed by atoms with Crippen LogP contribution >= 0.6 is 11.6 Å². The summed E-state index contributed by atoms with van der Waals surface area (Å²) >= 11 is 6.02. The number of anilines is 1. The topological polar surface area (TPSA) is 66.5 Å². The Morgan fingerprint density at radius 2 is 2.07 bits per heavy atom. The third kappa shape index (κ3) is 4.75. The highest BCUT2D eigenvalue weighted by atomic mass is 35.5. The van der Waals surface area contributed by atoms with Crippen molar-refractivity contribution in [2.45, 2.75) is 18.9 Å². The van der Waals surface area contributed by atoms with Crippen LogP contribution in [0.15, 0.2) is 36.4 Å². The van der Waals surface area contributed by atoms with Crippen LogP contribution in [-0.2, 0) is 0 Å². The van der Waals surface area contributed by atoms with Crippen molar-refractivity contribution in [2.75, 3.05) is 39.6 Å². The number of halogens is 1. The summed E-state index contributed by atoms with van der Waals surface area (Å²) in [6.45, 7) is 1.65. The predicted octanol–water partition coefficient (Wildman–Crippen LogP) is 3.60. The Bertz CT molecular complexity index is 813. The first-order valence-corrected chi connectivity index (χ1v) is 9.87. The van der Waals surface area contributed by atoms with Crippen LogP contribution in [0.1, 0.15) is 34.8 Å². The van der Waals surface area contributed by atoms with Crippen molar-refractivity contribution < 1.29 is 9.53 Å². The van der Waals surface area contributed by atoms with Crippen LogP contribution in [0.25, 0.3) is 0 Å². The van der Waals surface area contributed by atoms with Gasteiger partial charge in [0.15, 0.2) is 0 Å². The Kier molecular flexibility index (Phi) is 6.75. The summed E-state index contributed by atoms with van der Waals surface area (Å²) < 4.78 is 5.28. The number of nitrogens with one attached hydrogen (secondary N) is 2. The number of hydrogen-bond acceptors (Lipinski definition) is 5. The largest absolute Gasteiger partial charge is 0.497 e. The van der Waals surface area contributed by atoms with Crippen LogP contribution in [0.5, 0.6) is 5.75 Å². The monoisotopic (exact) mass is 402 g/mol. The molecule has 1 aliphatic rings. The van der Waals surface area contributed by atoms with Gasteiger partial charge in [0.05, 0.1) is 7.11 Å². The molecule has 6 nitrogen and oxygen atoms in total. The number of ether oxygens (including phenoxy) is 1. The number of amides is 1. The molecule has 2 aromatic rings. The van der Waals surface area contributed by atoms with Crippen molar-refractivity contribution in [3.05, 3.63) is 52.7 Å². The second-order valence-electron chi connectivity index (χ2n) is 7.12. The Morgan fingerprint density at radius 1 is 1.32 bits per heavy atom. The number of methoxy groups -OCH3 is 1. The van der Waals surface area contributed by atoms with E-state index in [0.29, 0.717) is 29.0 Å². The lowest BCUT2D eigenvalue weighted by molar-refractivity contribution is 0.0891. The summed E-state index contributed by atoms with van der Waals surface area (Å²) in [5, 5.41) is 6.30. The van der Waals surface area contributed by atoms with Gasteiger partial charge in [-0.25, -0.2) is 4.98 Å². The summed E-state index contributed by atoms with van der Waals surface area (Å²) in [5.74, 6) is 1.62. The number of aromatic nitrogens is 1. The highest BCUT2D eigenvalue weighted by Gasteiger charge is 2.30. The standard InChI is InChI=1S/C21H27ClN4O2/c1-23-19-12-16(11-18(22)25-19)21(27)24-13-15-5-4-10-26(2)20(15)14-6-8-17(28-3)9-7-14/h6-9,11-12,15,20H,4-5,10,13H2,1-3H3,(H,23,25)(H,24,27). The third-order valence-corrected chi connectivity index (χ3v) is 5.50. The highest BCUT2D eigenvalue weighted by Crippen LogP contribution is 2.35. The normalized spacial score (nSPS) is 19.9. The first-order valence-electron chi connectivity index (χ1n) is 9.49. The lowest BCUT2D eigenvalue weighted by Crippen LogP contribution is -2.41. The fourth-order valence-corrected chi connectivity index (χ4v) is 4.09. The molecule has 2 N–H and O–H groups in total. The molecule has 1 aromatic heterocycles. The Hall–Kier alpha value is -2.31.